The van der Waals surface area contributed by atoms with Crippen molar-refractivity contribution in [1.29, 1.82) is 0 Å². The third-order valence-electron chi connectivity index (χ3n) is 3.75. The van der Waals surface area contributed by atoms with Crippen LogP contribution < -0.4 is 22.3 Å². The average molecular weight is 334 g/mol. The fourth-order valence-corrected chi connectivity index (χ4v) is 2.49. The first-order valence-electron chi connectivity index (χ1n) is 7.68. The van der Waals surface area contributed by atoms with E-state index in [4.69, 9.17) is 11.5 Å². The van der Waals surface area contributed by atoms with Gasteiger partial charge in [-0.25, -0.2) is 9.97 Å². The molecule has 0 aliphatic heterocycles. The summed E-state index contributed by atoms with van der Waals surface area (Å²) in [5.41, 5.74) is 18.7. The Morgan fingerprint density at radius 2 is 1.44 bits per heavy atom. The molecule has 3 rings (SSSR count). The van der Waals surface area contributed by atoms with E-state index < -0.39 is 5.92 Å². The summed E-state index contributed by atoms with van der Waals surface area (Å²) < 4.78 is 0. The van der Waals surface area contributed by atoms with Gasteiger partial charge in [0.2, 0.25) is 5.91 Å². The standard InChI is InChI=1S/C18H18N6O/c19-15-16(20)21-11-22-17(15)23-24-18(25)14(12-7-3-1-4-8-12)13-9-5-2-6-10-13/h1-11,14H,19H2,(H,24,25)(H3,20,21,22,23). The molecule has 25 heavy (non-hydrogen) atoms. The SMILES string of the molecule is Nc1ncnc(NNC(=O)C(c2ccccc2)c2ccccc2)c1N. The van der Waals surface area contributed by atoms with Crippen LogP contribution in [0.4, 0.5) is 17.3 Å². The lowest BCUT2D eigenvalue weighted by Crippen LogP contribution is -2.35. The van der Waals surface area contributed by atoms with Crippen molar-refractivity contribution in [2.24, 2.45) is 0 Å². The number of amides is 1. The molecule has 0 spiro atoms. The van der Waals surface area contributed by atoms with Crippen molar-refractivity contribution < 1.29 is 4.79 Å². The predicted octanol–water partition coefficient (Wildman–Crippen LogP) is 1.92. The molecule has 3 aromatic rings. The highest BCUT2D eigenvalue weighted by Crippen LogP contribution is 2.25. The summed E-state index contributed by atoms with van der Waals surface area (Å²) in [5.74, 6) is -0.320. The number of carbonyl (C=O) groups excluding carboxylic acids is 1. The molecular weight excluding hydrogens is 316 g/mol. The van der Waals surface area contributed by atoms with Crippen LogP contribution >= 0.6 is 0 Å². The van der Waals surface area contributed by atoms with E-state index in [2.05, 4.69) is 20.8 Å². The molecule has 6 N–H and O–H groups in total. The lowest BCUT2D eigenvalue weighted by Gasteiger charge is -2.18. The average Bonchev–Trinajstić information content (AvgIpc) is 2.65. The zero-order chi connectivity index (χ0) is 17.6. The number of hydrazine groups is 1. The van der Waals surface area contributed by atoms with Crippen LogP contribution in [0.5, 0.6) is 0 Å². The molecule has 0 saturated heterocycles. The lowest BCUT2D eigenvalue weighted by atomic mass is 9.91. The number of aromatic nitrogens is 2. The van der Waals surface area contributed by atoms with E-state index in [1.807, 2.05) is 60.7 Å². The Hall–Kier alpha value is -3.61. The molecule has 1 amide bonds. The fourth-order valence-electron chi connectivity index (χ4n) is 2.49. The molecule has 0 saturated carbocycles. The molecule has 0 aliphatic carbocycles. The van der Waals surface area contributed by atoms with Gasteiger partial charge >= 0.3 is 0 Å². The van der Waals surface area contributed by atoms with Crippen molar-refractivity contribution >= 4 is 23.2 Å². The monoisotopic (exact) mass is 334 g/mol. The summed E-state index contributed by atoms with van der Waals surface area (Å²) in [5, 5.41) is 0. The van der Waals surface area contributed by atoms with Crippen molar-refractivity contribution in [3.05, 3.63) is 78.1 Å². The van der Waals surface area contributed by atoms with Gasteiger partial charge in [-0.3, -0.25) is 15.6 Å². The second-order valence-electron chi connectivity index (χ2n) is 5.39. The third kappa shape index (κ3) is 3.66. The van der Waals surface area contributed by atoms with Gasteiger partial charge in [0.15, 0.2) is 11.6 Å². The van der Waals surface area contributed by atoms with Gasteiger partial charge in [0, 0.05) is 0 Å². The first-order valence-corrected chi connectivity index (χ1v) is 7.68. The summed E-state index contributed by atoms with van der Waals surface area (Å²) in [6.45, 7) is 0. The Bertz CT molecular complexity index is 814. The molecule has 7 heteroatoms. The smallest absolute Gasteiger partial charge is 0.250 e. The zero-order valence-corrected chi connectivity index (χ0v) is 13.4. The number of hydrogen-bond acceptors (Lipinski definition) is 6. The highest BCUT2D eigenvalue weighted by molar-refractivity contribution is 5.88. The van der Waals surface area contributed by atoms with Crippen LogP contribution in [0.1, 0.15) is 17.0 Å². The van der Waals surface area contributed by atoms with Gasteiger partial charge in [-0.05, 0) is 11.1 Å². The van der Waals surface area contributed by atoms with Crippen molar-refractivity contribution in [2.45, 2.75) is 5.92 Å². The van der Waals surface area contributed by atoms with E-state index in [0.717, 1.165) is 11.1 Å². The van der Waals surface area contributed by atoms with Crippen molar-refractivity contribution in [1.82, 2.24) is 15.4 Å². The highest BCUT2D eigenvalue weighted by atomic mass is 16.2. The molecule has 1 heterocycles. The molecule has 0 unspecified atom stereocenters. The van der Waals surface area contributed by atoms with Gasteiger partial charge in [0.1, 0.15) is 12.0 Å². The lowest BCUT2D eigenvalue weighted by molar-refractivity contribution is -0.121. The number of benzene rings is 2. The second kappa shape index (κ2) is 7.31. The van der Waals surface area contributed by atoms with E-state index in [0.29, 0.717) is 0 Å². The number of hydrogen-bond donors (Lipinski definition) is 4. The third-order valence-corrected chi connectivity index (χ3v) is 3.75. The fraction of sp³-hybridized carbons (Fsp3) is 0.0556. The molecular formula is C18H18N6O. The van der Waals surface area contributed by atoms with Gasteiger partial charge in [-0.15, -0.1) is 0 Å². The molecule has 2 aromatic carbocycles. The summed E-state index contributed by atoms with van der Waals surface area (Å²) in [6, 6.07) is 19.1. The Morgan fingerprint density at radius 1 is 0.880 bits per heavy atom. The number of nitrogen functional groups attached to an aromatic ring is 2. The van der Waals surface area contributed by atoms with Crippen molar-refractivity contribution in [3.8, 4) is 0 Å². The van der Waals surface area contributed by atoms with Crippen LogP contribution in [-0.2, 0) is 4.79 Å². The van der Waals surface area contributed by atoms with Gasteiger partial charge in [-0.2, -0.15) is 0 Å². The number of nitrogens with two attached hydrogens (primary N) is 2. The van der Waals surface area contributed by atoms with Crippen molar-refractivity contribution in [3.63, 3.8) is 0 Å². The maximum Gasteiger partial charge on any atom is 0.250 e. The Balaban J connectivity index is 1.84. The molecule has 0 bridgehead atoms. The zero-order valence-electron chi connectivity index (χ0n) is 13.4. The Morgan fingerprint density at radius 3 is 2.00 bits per heavy atom. The topological polar surface area (TPSA) is 119 Å². The first kappa shape index (κ1) is 16.3. The first-order chi connectivity index (χ1) is 12.2. The molecule has 1 aromatic heterocycles. The second-order valence-corrected chi connectivity index (χ2v) is 5.39. The van der Waals surface area contributed by atoms with Crippen LogP contribution in [0.15, 0.2) is 67.0 Å². The van der Waals surface area contributed by atoms with Gasteiger partial charge in [-0.1, -0.05) is 60.7 Å². The van der Waals surface area contributed by atoms with E-state index in [1.165, 1.54) is 6.33 Å². The molecule has 0 atom stereocenters. The maximum atomic E-state index is 12.8. The normalized spacial score (nSPS) is 10.4. The summed E-state index contributed by atoms with van der Waals surface area (Å²) in [7, 11) is 0. The highest BCUT2D eigenvalue weighted by Gasteiger charge is 2.22. The number of carbonyl (C=O) groups is 1. The summed E-state index contributed by atoms with van der Waals surface area (Å²) >= 11 is 0. The molecule has 126 valence electrons. The molecule has 0 aliphatic rings. The quantitative estimate of drug-likeness (QED) is 0.529. The van der Waals surface area contributed by atoms with Crippen LogP contribution in [-0.4, -0.2) is 15.9 Å². The van der Waals surface area contributed by atoms with E-state index in [1.54, 1.807) is 0 Å². The minimum atomic E-state index is -0.477. The molecule has 7 nitrogen and oxygen atoms in total. The minimum absolute atomic E-state index is 0.148. The van der Waals surface area contributed by atoms with Crippen LogP contribution in [0, 0.1) is 0 Å². The van der Waals surface area contributed by atoms with Gasteiger partial charge in [0.25, 0.3) is 0 Å². The molecule has 0 radical (unpaired) electrons. The van der Waals surface area contributed by atoms with Crippen LogP contribution in [0.25, 0.3) is 0 Å². The van der Waals surface area contributed by atoms with E-state index >= 15 is 0 Å². The summed E-state index contributed by atoms with van der Waals surface area (Å²) in [6.07, 6.45) is 1.27. The van der Waals surface area contributed by atoms with E-state index in [-0.39, 0.29) is 23.2 Å². The largest absolute Gasteiger partial charge is 0.393 e. The Labute approximate surface area is 145 Å². The number of nitrogens with zero attached hydrogens (tertiary/aromatic N) is 2. The number of anilines is 3. The van der Waals surface area contributed by atoms with Gasteiger partial charge < -0.3 is 11.5 Å². The maximum absolute atomic E-state index is 12.8. The van der Waals surface area contributed by atoms with Crippen molar-refractivity contribution in [2.75, 3.05) is 16.9 Å². The molecule has 0 fully saturated rings. The number of nitrogens with one attached hydrogen (secondary N) is 2. The van der Waals surface area contributed by atoms with Gasteiger partial charge in [0.05, 0.1) is 5.92 Å². The number of rotatable bonds is 5. The van der Waals surface area contributed by atoms with Crippen LogP contribution in [0.2, 0.25) is 0 Å². The Kier molecular flexibility index (Phi) is 4.75. The minimum Gasteiger partial charge on any atom is -0.393 e. The predicted molar refractivity (Wildman–Crippen MR) is 97.3 cm³/mol. The van der Waals surface area contributed by atoms with Crippen LogP contribution in [0.3, 0.4) is 0 Å². The summed E-state index contributed by atoms with van der Waals surface area (Å²) in [4.78, 5) is 20.6. The van der Waals surface area contributed by atoms with E-state index in [9.17, 15) is 4.79 Å².